The molecule has 0 N–H and O–H groups in total. The van der Waals surface area contributed by atoms with E-state index >= 15 is 0 Å². The van der Waals surface area contributed by atoms with Gasteiger partial charge in [0.2, 0.25) is 0 Å². The highest BCUT2D eigenvalue weighted by Crippen LogP contribution is 2.33. The second kappa shape index (κ2) is 6.73. The summed E-state index contributed by atoms with van der Waals surface area (Å²) >= 11 is 0. The average molecular weight is 244 g/mol. The van der Waals surface area contributed by atoms with Crippen LogP contribution in [0.1, 0.15) is 26.7 Å². The van der Waals surface area contributed by atoms with Gasteiger partial charge in [-0.3, -0.25) is 0 Å². The van der Waals surface area contributed by atoms with Crippen LogP contribution >= 0.6 is 0 Å². The van der Waals surface area contributed by atoms with Crippen molar-refractivity contribution < 1.29 is 18.9 Å². The third-order valence-electron chi connectivity index (χ3n) is 3.43. The fourth-order valence-corrected chi connectivity index (χ4v) is 2.54. The van der Waals surface area contributed by atoms with Crippen LogP contribution in [0.15, 0.2) is 0 Å². The van der Waals surface area contributed by atoms with E-state index in [0.717, 1.165) is 12.8 Å². The Bertz CT molecular complexity index is 227. The van der Waals surface area contributed by atoms with Crippen LogP contribution in [0.2, 0.25) is 0 Å². The molecule has 0 radical (unpaired) electrons. The Morgan fingerprint density at radius 1 is 1.41 bits per heavy atom. The van der Waals surface area contributed by atoms with Gasteiger partial charge in [-0.25, -0.2) is 0 Å². The molecule has 100 valence electrons. The van der Waals surface area contributed by atoms with E-state index in [1.807, 2.05) is 6.92 Å². The number of hydrogen-bond donors (Lipinski definition) is 0. The Kier molecular flexibility index (Phi) is 5.93. The van der Waals surface area contributed by atoms with Crippen molar-refractivity contribution in [1.82, 2.24) is 0 Å². The van der Waals surface area contributed by atoms with E-state index in [0.29, 0.717) is 13.2 Å². The summed E-state index contributed by atoms with van der Waals surface area (Å²) in [6, 6.07) is 0.0514. The van der Waals surface area contributed by atoms with Crippen LogP contribution in [0, 0.1) is 0 Å². The smallest absolute Gasteiger partial charge is 0.142 e. The lowest BCUT2D eigenvalue weighted by atomic mass is 9.80. The molecule has 0 amide bonds. The van der Waals surface area contributed by atoms with E-state index in [1.54, 1.807) is 14.2 Å². The van der Waals surface area contributed by atoms with Gasteiger partial charge in [0.05, 0.1) is 17.7 Å². The molecule has 4 nitrogen and oxygen atoms in total. The van der Waals surface area contributed by atoms with E-state index in [4.69, 9.17) is 18.9 Å². The first-order chi connectivity index (χ1) is 8.06. The first-order valence-electron chi connectivity index (χ1n) is 6.37. The SMILES string of the molecule is B[C@@H]1O[C@](C)(CCOC)CC(OC)C1OCC. The lowest BCUT2D eigenvalue weighted by Gasteiger charge is -2.45. The summed E-state index contributed by atoms with van der Waals surface area (Å²) in [5.41, 5.74) is -0.177. The fourth-order valence-electron chi connectivity index (χ4n) is 2.54. The molecule has 0 bridgehead atoms. The van der Waals surface area contributed by atoms with E-state index in [2.05, 4.69) is 14.8 Å². The molecule has 0 saturated carbocycles. The number of hydrogen-bond acceptors (Lipinski definition) is 4. The van der Waals surface area contributed by atoms with Gasteiger partial charge >= 0.3 is 0 Å². The van der Waals surface area contributed by atoms with Gasteiger partial charge in [0.15, 0.2) is 0 Å². The lowest BCUT2D eigenvalue weighted by Crippen LogP contribution is -2.55. The highest BCUT2D eigenvalue weighted by molar-refractivity contribution is 6.11. The topological polar surface area (TPSA) is 36.9 Å². The fraction of sp³-hybridized carbons (Fsp3) is 1.00. The van der Waals surface area contributed by atoms with Crippen LogP contribution in [-0.4, -0.2) is 59.1 Å². The molecule has 1 rings (SSSR count). The van der Waals surface area contributed by atoms with E-state index in [1.165, 1.54) is 0 Å². The van der Waals surface area contributed by atoms with Gasteiger partial charge in [-0.1, -0.05) is 0 Å². The summed E-state index contributed by atoms with van der Waals surface area (Å²) in [5, 5.41) is 0. The molecular weight excluding hydrogens is 219 g/mol. The van der Waals surface area contributed by atoms with Crippen molar-refractivity contribution in [3.63, 3.8) is 0 Å². The van der Waals surface area contributed by atoms with Crippen molar-refractivity contribution in [1.29, 1.82) is 0 Å². The van der Waals surface area contributed by atoms with Gasteiger partial charge < -0.3 is 18.9 Å². The van der Waals surface area contributed by atoms with Gasteiger partial charge in [0, 0.05) is 33.9 Å². The molecule has 0 spiro atoms. The number of rotatable bonds is 6. The second-order valence-electron chi connectivity index (χ2n) is 4.91. The monoisotopic (exact) mass is 244 g/mol. The predicted octanol–water partition coefficient (Wildman–Crippen LogP) is 0.581. The van der Waals surface area contributed by atoms with Crippen molar-refractivity contribution in [3.8, 4) is 0 Å². The van der Waals surface area contributed by atoms with Gasteiger partial charge in [0.25, 0.3) is 0 Å². The largest absolute Gasteiger partial charge is 0.385 e. The van der Waals surface area contributed by atoms with Crippen molar-refractivity contribution in [2.75, 3.05) is 27.4 Å². The normalized spacial score (nSPS) is 38.2. The van der Waals surface area contributed by atoms with Gasteiger partial charge in [-0.05, 0) is 20.3 Å². The van der Waals surface area contributed by atoms with E-state index in [9.17, 15) is 0 Å². The van der Waals surface area contributed by atoms with Crippen LogP contribution in [0.5, 0.6) is 0 Å². The zero-order valence-corrected chi connectivity index (χ0v) is 11.7. The third kappa shape index (κ3) is 3.95. The molecule has 1 aliphatic heterocycles. The molecule has 0 aromatic rings. The van der Waals surface area contributed by atoms with Crippen molar-refractivity contribution in [3.05, 3.63) is 0 Å². The summed E-state index contributed by atoms with van der Waals surface area (Å²) in [5.74, 6) is 0. The molecular formula is C12H25BO4. The maximum absolute atomic E-state index is 6.09. The molecule has 1 fully saturated rings. The highest BCUT2D eigenvalue weighted by Gasteiger charge is 2.43. The molecule has 5 heteroatoms. The summed E-state index contributed by atoms with van der Waals surface area (Å²) < 4.78 is 22.5. The van der Waals surface area contributed by atoms with Gasteiger partial charge in [-0.2, -0.15) is 0 Å². The number of methoxy groups -OCH3 is 2. The standard InChI is InChI=1S/C12H25BO4/c1-5-16-10-9(15-4)8-12(2,6-7-14-3)17-11(10)13/h9-11H,5-8,13H2,1-4H3/t9?,10?,11-,12-/m1/s1. The molecule has 2 unspecified atom stereocenters. The van der Waals surface area contributed by atoms with Crippen LogP contribution in [0.3, 0.4) is 0 Å². The van der Waals surface area contributed by atoms with Crippen LogP contribution in [0.4, 0.5) is 0 Å². The predicted molar refractivity (Wildman–Crippen MR) is 69.1 cm³/mol. The molecule has 1 aliphatic rings. The first kappa shape index (κ1) is 15.0. The summed E-state index contributed by atoms with van der Waals surface area (Å²) in [7, 11) is 5.51. The second-order valence-corrected chi connectivity index (χ2v) is 4.91. The minimum absolute atomic E-state index is 0.0284. The zero-order valence-electron chi connectivity index (χ0n) is 11.7. The summed E-state index contributed by atoms with van der Waals surface area (Å²) in [6.45, 7) is 5.51. The molecule has 0 aromatic heterocycles. The van der Waals surface area contributed by atoms with Gasteiger partial charge in [0.1, 0.15) is 14.0 Å². The zero-order chi connectivity index (χ0) is 12.9. The maximum atomic E-state index is 6.09. The first-order valence-corrected chi connectivity index (χ1v) is 6.37. The summed E-state index contributed by atoms with van der Waals surface area (Å²) in [6.07, 6.45) is 1.86. The Labute approximate surface area is 105 Å². The Morgan fingerprint density at radius 2 is 2.12 bits per heavy atom. The van der Waals surface area contributed by atoms with E-state index < -0.39 is 0 Å². The molecule has 17 heavy (non-hydrogen) atoms. The number of ether oxygens (including phenoxy) is 4. The van der Waals surface area contributed by atoms with Crippen LogP contribution in [-0.2, 0) is 18.9 Å². The molecule has 0 aliphatic carbocycles. The highest BCUT2D eigenvalue weighted by atomic mass is 16.6. The summed E-state index contributed by atoms with van der Waals surface area (Å²) in [4.78, 5) is 0. The van der Waals surface area contributed by atoms with Crippen molar-refractivity contribution >= 4 is 7.85 Å². The molecule has 0 aromatic carbocycles. The van der Waals surface area contributed by atoms with Crippen LogP contribution < -0.4 is 0 Å². The van der Waals surface area contributed by atoms with Gasteiger partial charge in [-0.15, -0.1) is 0 Å². The molecule has 1 heterocycles. The third-order valence-corrected chi connectivity index (χ3v) is 3.43. The maximum Gasteiger partial charge on any atom is 0.142 e. The quantitative estimate of drug-likeness (QED) is 0.640. The van der Waals surface area contributed by atoms with E-state index in [-0.39, 0.29) is 23.8 Å². The van der Waals surface area contributed by atoms with Crippen molar-refractivity contribution in [2.24, 2.45) is 0 Å². The minimum Gasteiger partial charge on any atom is -0.385 e. The molecule has 1 saturated heterocycles. The Hall–Kier alpha value is -0.0951. The van der Waals surface area contributed by atoms with Crippen LogP contribution in [0.25, 0.3) is 0 Å². The van der Waals surface area contributed by atoms with Crippen molar-refractivity contribution in [2.45, 2.75) is 50.5 Å². The Balaban J connectivity index is 2.65. The molecule has 4 atom stereocenters. The lowest BCUT2D eigenvalue weighted by molar-refractivity contribution is -0.207. The Morgan fingerprint density at radius 3 is 2.65 bits per heavy atom. The average Bonchev–Trinajstić information content (AvgIpc) is 2.30. The minimum atomic E-state index is -0.177.